The highest BCUT2D eigenvalue weighted by atomic mass is 79.9. The van der Waals surface area contributed by atoms with Gasteiger partial charge < -0.3 is 10.4 Å². The number of aromatic hydroxyl groups is 1. The molecular formula is C13H11BrClNO. The number of halogens is 2. The first-order valence-corrected chi connectivity index (χ1v) is 6.30. The number of phenolic OH excluding ortho intramolecular Hbond substituents is 1. The Labute approximate surface area is 113 Å². The molecule has 2 aromatic carbocycles. The third kappa shape index (κ3) is 3.14. The molecule has 0 spiro atoms. The van der Waals surface area contributed by atoms with E-state index in [4.69, 9.17) is 11.6 Å². The van der Waals surface area contributed by atoms with Gasteiger partial charge in [0.15, 0.2) is 0 Å². The molecular weight excluding hydrogens is 302 g/mol. The van der Waals surface area contributed by atoms with Crippen LogP contribution >= 0.6 is 27.5 Å². The molecule has 0 aliphatic carbocycles. The van der Waals surface area contributed by atoms with Crippen molar-refractivity contribution < 1.29 is 5.11 Å². The maximum atomic E-state index is 9.61. The summed E-state index contributed by atoms with van der Waals surface area (Å²) in [7, 11) is 0. The fourth-order valence-electron chi connectivity index (χ4n) is 1.46. The van der Waals surface area contributed by atoms with Crippen LogP contribution in [0.15, 0.2) is 46.9 Å². The van der Waals surface area contributed by atoms with E-state index in [2.05, 4.69) is 21.2 Å². The van der Waals surface area contributed by atoms with Gasteiger partial charge >= 0.3 is 0 Å². The number of hydrogen-bond donors (Lipinski definition) is 2. The molecule has 0 radical (unpaired) electrons. The van der Waals surface area contributed by atoms with Crippen molar-refractivity contribution in [1.82, 2.24) is 0 Å². The third-order valence-corrected chi connectivity index (χ3v) is 3.63. The quantitative estimate of drug-likeness (QED) is 0.879. The van der Waals surface area contributed by atoms with Crippen LogP contribution in [0.4, 0.5) is 5.69 Å². The van der Waals surface area contributed by atoms with Crippen LogP contribution in [0, 0.1) is 0 Å². The maximum Gasteiger partial charge on any atom is 0.120 e. The standard InChI is InChI=1S/C13H11BrClNO/c14-11-6-5-10(7-12(11)15)16-8-9-3-1-2-4-13(9)17/h1-7,16-17H,8H2. The average molecular weight is 313 g/mol. The number of nitrogens with one attached hydrogen (secondary N) is 1. The van der Waals surface area contributed by atoms with E-state index < -0.39 is 0 Å². The Balaban J connectivity index is 2.08. The lowest BCUT2D eigenvalue weighted by molar-refractivity contribution is 0.469. The van der Waals surface area contributed by atoms with Gasteiger partial charge in [0.25, 0.3) is 0 Å². The summed E-state index contributed by atoms with van der Waals surface area (Å²) in [4.78, 5) is 0. The van der Waals surface area contributed by atoms with Gasteiger partial charge in [0, 0.05) is 22.3 Å². The van der Waals surface area contributed by atoms with Crippen molar-refractivity contribution in [2.75, 3.05) is 5.32 Å². The zero-order valence-corrected chi connectivity index (χ0v) is 11.3. The molecule has 0 saturated carbocycles. The molecule has 0 fully saturated rings. The SMILES string of the molecule is Oc1ccccc1CNc1ccc(Br)c(Cl)c1. The van der Waals surface area contributed by atoms with Gasteiger partial charge in [-0.1, -0.05) is 29.8 Å². The minimum absolute atomic E-state index is 0.295. The number of phenols is 1. The fraction of sp³-hybridized carbons (Fsp3) is 0.0769. The first-order chi connectivity index (χ1) is 8.16. The second kappa shape index (κ2) is 5.43. The van der Waals surface area contributed by atoms with Gasteiger partial charge in [-0.2, -0.15) is 0 Å². The molecule has 88 valence electrons. The molecule has 0 atom stereocenters. The largest absolute Gasteiger partial charge is 0.508 e. The summed E-state index contributed by atoms with van der Waals surface area (Å²) in [6, 6.07) is 12.9. The number of anilines is 1. The Morgan fingerprint density at radius 1 is 1.18 bits per heavy atom. The normalized spacial score (nSPS) is 10.2. The van der Waals surface area contributed by atoms with Gasteiger partial charge in [0.05, 0.1) is 5.02 Å². The lowest BCUT2D eigenvalue weighted by Crippen LogP contribution is -1.99. The molecule has 0 aliphatic rings. The number of rotatable bonds is 3. The van der Waals surface area contributed by atoms with Gasteiger partial charge in [-0.25, -0.2) is 0 Å². The predicted molar refractivity (Wildman–Crippen MR) is 74.6 cm³/mol. The average Bonchev–Trinajstić information content (AvgIpc) is 2.32. The molecule has 2 rings (SSSR count). The molecule has 17 heavy (non-hydrogen) atoms. The van der Waals surface area contributed by atoms with Gasteiger partial charge in [0.2, 0.25) is 0 Å². The summed E-state index contributed by atoms with van der Waals surface area (Å²) in [5.74, 6) is 0.295. The second-order valence-corrected chi connectivity index (χ2v) is 4.87. The van der Waals surface area contributed by atoms with E-state index in [1.54, 1.807) is 12.1 Å². The van der Waals surface area contributed by atoms with E-state index in [0.717, 1.165) is 15.7 Å². The summed E-state index contributed by atoms with van der Waals surface area (Å²) in [5.41, 5.74) is 1.77. The molecule has 4 heteroatoms. The van der Waals surface area contributed by atoms with Crippen LogP contribution in [0.25, 0.3) is 0 Å². The van der Waals surface area contributed by atoms with Gasteiger partial charge in [-0.15, -0.1) is 0 Å². The lowest BCUT2D eigenvalue weighted by atomic mass is 10.2. The van der Waals surface area contributed by atoms with E-state index in [1.807, 2.05) is 30.3 Å². The van der Waals surface area contributed by atoms with Crippen molar-refractivity contribution in [1.29, 1.82) is 0 Å². The first kappa shape index (κ1) is 12.3. The van der Waals surface area contributed by atoms with Crippen LogP contribution < -0.4 is 5.32 Å². The molecule has 2 aromatic rings. The number of benzene rings is 2. The summed E-state index contributed by atoms with van der Waals surface area (Å²) in [6.45, 7) is 0.560. The monoisotopic (exact) mass is 311 g/mol. The van der Waals surface area contributed by atoms with Crippen molar-refractivity contribution in [2.24, 2.45) is 0 Å². The summed E-state index contributed by atoms with van der Waals surface area (Å²) in [5, 5.41) is 13.5. The van der Waals surface area contributed by atoms with Crippen LogP contribution in [0.2, 0.25) is 5.02 Å². The van der Waals surface area contributed by atoms with E-state index in [0.29, 0.717) is 17.3 Å². The molecule has 0 heterocycles. The molecule has 0 bridgehead atoms. The van der Waals surface area contributed by atoms with Crippen LogP contribution in [-0.4, -0.2) is 5.11 Å². The van der Waals surface area contributed by atoms with Crippen molar-refractivity contribution in [3.05, 3.63) is 57.5 Å². The Morgan fingerprint density at radius 3 is 2.65 bits per heavy atom. The third-order valence-electron chi connectivity index (χ3n) is 2.39. The summed E-state index contributed by atoms with van der Waals surface area (Å²) < 4.78 is 0.868. The van der Waals surface area contributed by atoms with Crippen molar-refractivity contribution in [2.45, 2.75) is 6.54 Å². The Kier molecular flexibility index (Phi) is 3.92. The van der Waals surface area contributed by atoms with E-state index in [9.17, 15) is 5.11 Å². The van der Waals surface area contributed by atoms with Gasteiger partial charge in [-0.05, 0) is 40.2 Å². The Morgan fingerprint density at radius 2 is 1.94 bits per heavy atom. The minimum Gasteiger partial charge on any atom is -0.508 e. The maximum absolute atomic E-state index is 9.61. The van der Waals surface area contributed by atoms with Crippen LogP contribution in [0.3, 0.4) is 0 Å². The van der Waals surface area contributed by atoms with E-state index in [-0.39, 0.29) is 0 Å². The fourth-order valence-corrected chi connectivity index (χ4v) is 1.89. The lowest BCUT2D eigenvalue weighted by Gasteiger charge is -2.08. The molecule has 2 N–H and O–H groups in total. The number of para-hydroxylation sites is 1. The Bertz CT molecular complexity index is 531. The molecule has 0 amide bonds. The van der Waals surface area contributed by atoms with Crippen molar-refractivity contribution in [3.8, 4) is 5.75 Å². The second-order valence-electron chi connectivity index (χ2n) is 3.61. The molecule has 0 aromatic heterocycles. The first-order valence-electron chi connectivity index (χ1n) is 5.12. The number of hydrogen-bond acceptors (Lipinski definition) is 2. The minimum atomic E-state index is 0.295. The van der Waals surface area contributed by atoms with Crippen LogP contribution in [-0.2, 0) is 6.54 Å². The smallest absolute Gasteiger partial charge is 0.120 e. The zero-order valence-electron chi connectivity index (χ0n) is 8.95. The zero-order chi connectivity index (χ0) is 12.3. The van der Waals surface area contributed by atoms with Crippen LogP contribution in [0.1, 0.15) is 5.56 Å². The van der Waals surface area contributed by atoms with E-state index in [1.165, 1.54) is 0 Å². The van der Waals surface area contributed by atoms with Crippen molar-refractivity contribution in [3.63, 3.8) is 0 Å². The Hall–Kier alpha value is -1.19. The van der Waals surface area contributed by atoms with Gasteiger partial charge in [-0.3, -0.25) is 0 Å². The molecule has 0 unspecified atom stereocenters. The molecule has 2 nitrogen and oxygen atoms in total. The highest BCUT2D eigenvalue weighted by Gasteiger charge is 2.01. The predicted octanol–water partition coefficient (Wildman–Crippen LogP) is 4.42. The summed E-state index contributed by atoms with van der Waals surface area (Å²) in [6.07, 6.45) is 0. The topological polar surface area (TPSA) is 32.3 Å². The molecule has 0 aliphatic heterocycles. The van der Waals surface area contributed by atoms with Crippen LogP contribution in [0.5, 0.6) is 5.75 Å². The summed E-state index contributed by atoms with van der Waals surface area (Å²) >= 11 is 9.33. The van der Waals surface area contributed by atoms with Crippen molar-refractivity contribution >= 4 is 33.2 Å². The van der Waals surface area contributed by atoms with E-state index >= 15 is 0 Å². The molecule has 0 saturated heterocycles. The highest BCUT2D eigenvalue weighted by Crippen LogP contribution is 2.26. The van der Waals surface area contributed by atoms with Gasteiger partial charge in [0.1, 0.15) is 5.75 Å². The highest BCUT2D eigenvalue weighted by molar-refractivity contribution is 9.10.